The second-order valence-corrected chi connectivity index (χ2v) is 7.39. The van der Waals surface area contributed by atoms with Crippen molar-refractivity contribution >= 4 is 35.8 Å². The number of aliphatic imine (C=N–C) groups is 1. The smallest absolute Gasteiger partial charge is 0.219 e. The minimum absolute atomic E-state index is 0. The fourth-order valence-electron chi connectivity index (χ4n) is 3.85. The standard InChI is InChI=1S/C24H32N4O.HI/c1-3-25-24(28-18-16-27(17-19-28)20(2)29)26-15-14-23(21-10-6-4-7-11-21)22-12-8-5-9-13-22;/h4-13,23H,3,14-19H2,1-2H3,(H,25,26);1H. The molecule has 0 radical (unpaired) electrons. The highest BCUT2D eigenvalue weighted by Crippen LogP contribution is 2.27. The molecule has 0 bridgehead atoms. The third-order valence-corrected chi connectivity index (χ3v) is 5.44. The van der Waals surface area contributed by atoms with Crippen LogP contribution in [0.3, 0.4) is 0 Å². The number of carbonyl (C=O) groups is 1. The van der Waals surface area contributed by atoms with E-state index in [1.54, 1.807) is 6.92 Å². The minimum Gasteiger partial charge on any atom is -0.357 e. The lowest BCUT2D eigenvalue weighted by molar-refractivity contribution is -0.130. The molecule has 1 aliphatic heterocycles. The van der Waals surface area contributed by atoms with Gasteiger partial charge in [-0.25, -0.2) is 0 Å². The maximum Gasteiger partial charge on any atom is 0.219 e. The van der Waals surface area contributed by atoms with E-state index in [1.165, 1.54) is 11.1 Å². The van der Waals surface area contributed by atoms with Gasteiger partial charge in [0.25, 0.3) is 0 Å². The fraction of sp³-hybridized carbons (Fsp3) is 0.417. The molecule has 0 saturated carbocycles. The molecule has 1 N–H and O–H groups in total. The van der Waals surface area contributed by atoms with Crippen molar-refractivity contribution in [3.05, 3.63) is 71.8 Å². The molecule has 3 rings (SSSR count). The number of carbonyl (C=O) groups excluding carboxylic acids is 1. The highest BCUT2D eigenvalue weighted by Gasteiger charge is 2.21. The Morgan fingerprint density at radius 3 is 1.90 bits per heavy atom. The molecule has 1 saturated heterocycles. The molecule has 1 amide bonds. The summed E-state index contributed by atoms with van der Waals surface area (Å²) in [4.78, 5) is 20.7. The zero-order chi connectivity index (χ0) is 20.5. The molecule has 2 aromatic carbocycles. The van der Waals surface area contributed by atoms with Crippen LogP contribution in [0.1, 0.15) is 37.3 Å². The molecule has 0 aliphatic carbocycles. The van der Waals surface area contributed by atoms with E-state index in [-0.39, 0.29) is 29.9 Å². The lowest BCUT2D eigenvalue weighted by Gasteiger charge is -2.36. The van der Waals surface area contributed by atoms with Crippen LogP contribution in [-0.4, -0.2) is 60.9 Å². The summed E-state index contributed by atoms with van der Waals surface area (Å²) in [5, 5.41) is 3.42. The van der Waals surface area contributed by atoms with Crippen molar-refractivity contribution in [1.29, 1.82) is 0 Å². The number of hydrogen-bond donors (Lipinski definition) is 1. The van der Waals surface area contributed by atoms with Crippen LogP contribution in [0.2, 0.25) is 0 Å². The molecule has 5 nitrogen and oxygen atoms in total. The molecule has 162 valence electrons. The van der Waals surface area contributed by atoms with Gasteiger partial charge in [0.2, 0.25) is 5.91 Å². The Morgan fingerprint density at radius 2 is 1.43 bits per heavy atom. The Kier molecular flexibility index (Phi) is 10.1. The van der Waals surface area contributed by atoms with Gasteiger partial charge in [0.1, 0.15) is 0 Å². The summed E-state index contributed by atoms with van der Waals surface area (Å²) in [6.45, 7) is 8.50. The average Bonchev–Trinajstić information content (AvgIpc) is 2.77. The summed E-state index contributed by atoms with van der Waals surface area (Å²) >= 11 is 0. The molecule has 2 aromatic rings. The van der Waals surface area contributed by atoms with Crippen molar-refractivity contribution in [3.63, 3.8) is 0 Å². The number of piperazine rings is 1. The lowest BCUT2D eigenvalue weighted by atomic mass is 9.89. The van der Waals surface area contributed by atoms with Crippen molar-refractivity contribution in [2.45, 2.75) is 26.2 Å². The van der Waals surface area contributed by atoms with Gasteiger partial charge >= 0.3 is 0 Å². The van der Waals surface area contributed by atoms with E-state index in [0.717, 1.165) is 51.6 Å². The third-order valence-electron chi connectivity index (χ3n) is 5.44. The maximum absolute atomic E-state index is 11.6. The Bertz CT molecular complexity index is 750. The van der Waals surface area contributed by atoms with Gasteiger partial charge in [0.15, 0.2) is 5.96 Å². The summed E-state index contributed by atoms with van der Waals surface area (Å²) in [5.74, 6) is 1.44. The molecule has 6 heteroatoms. The number of halogens is 1. The van der Waals surface area contributed by atoms with Crippen LogP contribution in [0.4, 0.5) is 0 Å². The number of benzene rings is 2. The van der Waals surface area contributed by atoms with Gasteiger partial charge in [-0.15, -0.1) is 24.0 Å². The molecule has 1 fully saturated rings. The van der Waals surface area contributed by atoms with Crippen molar-refractivity contribution in [3.8, 4) is 0 Å². The van der Waals surface area contributed by atoms with Gasteiger partial charge < -0.3 is 15.1 Å². The number of amides is 1. The quantitative estimate of drug-likeness (QED) is 0.357. The van der Waals surface area contributed by atoms with Crippen molar-refractivity contribution < 1.29 is 4.79 Å². The first kappa shape index (κ1) is 24.2. The monoisotopic (exact) mass is 520 g/mol. The van der Waals surface area contributed by atoms with E-state index < -0.39 is 0 Å². The predicted octanol–water partition coefficient (Wildman–Crippen LogP) is 3.96. The molecule has 1 heterocycles. The summed E-state index contributed by atoms with van der Waals surface area (Å²) in [7, 11) is 0. The van der Waals surface area contributed by atoms with Gasteiger partial charge in [0, 0.05) is 52.1 Å². The van der Waals surface area contributed by atoms with E-state index >= 15 is 0 Å². The highest BCUT2D eigenvalue weighted by molar-refractivity contribution is 14.0. The molecule has 1 aliphatic rings. The minimum atomic E-state index is 0. The predicted molar refractivity (Wildman–Crippen MR) is 135 cm³/mol. The van der Waals surface area contributed by atoms with Crippen LogP contribution in [0, 0.1) is 0 Å². The van der Waals surface area contributed by atoms with Gasteiger partial charge in [0.05, 0.1) is 0 Å². The summed E-state index contributed by atoms with van der Waals surface area (Å²) < 4.78 is 0. The van der Waals surface area contributed by atoms with Crippen molar-refractivity contribution in [1.82, 2.24) is 15.1 Å². The summed E-state index contributed by atoms with van der Waals surface area (Å²) in [6, 6.07) is 21.4. The number of guanidine groups is 1. The number of nitrogens with one attached hydrogen (secondary N) is 1. The molecule has 30 heavy (non-hydrogen) atoms. The molecular weight excluding hydrogens is 487 g/mol. The normalized spacial score (nSPS) is 14.4. The van der Waals surface area contributed by atoms with Gasteiger partial charge in [-0.05, 0) is 24.5 Å². The van der Waals surface area contributed by atoms with E-state index in [0.29, 0.717) is 5.92 Å². The van der Waals surface area contributed by atoms with Crippen molar-refractivity contribution in [2.75, 3.05) is 39.3 Å². The molecule has 0 atom stereocenters. The topological polar surface area (TPSA) is 47.9 Å². The molecule has 0 aromatic heterocycles. The molecular formula is C24H33IN4O. The Hall–Kier alpha value is -2.09. The van der Waals surface area contributed by atoms with Gasteiger partial charge in [-0.2, -0.15) is 0 Å². The van der Waals surface area contributed by atoms with E-state index in [4.69, 9.17) is 4.99 Å². The van der Waals surface area contributed by atoms with E-state index in [2.05, 4.69) is 77.8 Å². The Balaban J connectivity index is 0.00000320. The zero-order valence-electron chi connectivity index (χ0n) is 18.0. The Morgan fingerprint density at radius 1 is 0.933 bits per heavy atom. The summed E-state index contributed by atoms with van der Waals surface area (Å²) in [5.41, 5.74) is 2.66. The zero-order valence-corrected chi connectivity index (χ0v) is 20.3. The Labute approximate surface area is 197 Å². The van der Waals surface area contributed by atoms with Crippen LogP contribution in [0.15, 0.2) is 65.7 Å². The lowest BCUT2D eigenvalue weighted by Crippen LogP contribution is -2.53. The number of nitrogens with zero attached hydrogens (tertiary/aromatic N) is 3. The fourth-order valence-corrected chi connectivity index (χ4v) is 3.85. The first-order valence-electron chi connectivity index (χ1n) is 10.6. The first-order chi connectivity index (χ1) is 14.2. The average molecular weight is 520 g/mol. The molecule has 0 spiro atoms. The second kappa shape index (κ2) is 12.6. The SMILES string of the molecule is CCNC(=NCCC(c1ccccc1)c1ccccc1)N1CCN(C(C)=O)CC1.I. The second-order valence-electron chi connectivity index (χ2n) is 7.39. The maximum atomic E-state index is 11.6. The van der Waals surface area contributed by atoms with E-state index in [1.807, 2.05) is 4.90 Å². The summed E-state index contributed by atoms with van der Waals surface area (Å²) in [6.07, 6.45) is 0.955. The van der Waals surface area contributed by atoms with Crippen molar-refractivity contribution in [2.24, 2.45) is 4.99 Å². The van der Waals surface area contributed by atoms with Crippen LogP contribution >= 0.6 is 24.0 Å². The third kappa shape index (κ3) is 6.72. The van der Waals surface area contributed by atoms with Gasteiger partial charge in [-0.1, -0.05) is 60.7 Å². The van der Waals surface area contributed by atoms with Crippen LogP contribution in [0.5, 0.6) is 0 Å². The van der Waals surface area contributed by atoms with Crippen LogP contribution in [-0.2, 0) is 4.79 Å². The highest BCUT2D eigenvalue weighted by atomic mass is 127. The van der Waals surface area contributed by atoms with Crippen LogP contribution < -0.4 is 5.32 Å². The number of hydrogen-bond acceptors (Lipinski definition) is 2. The largest absolute Gasteiger partial charge is 0.357 e. The van der Waals surface area contributed by atoms with E-state index in [9.17, 15) is 4.79 Å². The van der Waals surface area contributed by atoms with Gasteiger partial charge in [-0.3, -0.25) is 9.79 Å². The number of rotatable bonds is 6. The molecule has 0 unspecified atom stereocenters. The first-order valence-corrected chi connectivity index (χ1v) is 10.6. The van der Waals surface area contributed by atoms with Crippen LogP contribution in [0.25, 0.3) is 0 Å².